The Morgan fingerprint density at radius 1 is 1.00 bits per heavy atom. The van der Waals surface area contributed by atoms with Crippen LogP contribution in [0, 0.1) is 5.92 Å². The molecule has 0 unspecified atom stereocenters. The molecule has 2 aliphatic rings. The smallest absolute Gasteiger partial charge is 0.215 e. The lowest BCUT2D eigenvalue weighted by Gasteiger charge is -2.26. The maximum Gasteiger partial charge on any atom is 0.215 e. The summed E-state index contributed by atoms with van der Waals surface area (Å²) in [4.78, 5) is 4.24. The molecule has 4 rings (SSSR count). The summed E-state index contributed by atoms with van der Waals surface area (Å²) in [7, 11) is 0. The third kappa shape index (κ3) is 3.44. The highest BCUT2D eigenvalue weighted by atomic mass is 16.6. The van der Waals surface area contributed by atoms with Gasteiger partial charge in [0.2, 0.25) is 5.88 Å². The number of anilines is 1. The summed E-state index contributed by atoms with van der Waals surface area (Å²) < 4.78 is 21.8. The number of hydrogen-bond donors (Lipinski definition) is 1. The molecule has 2 N–H and O–H groups in total. The van der Waals surface area contributed by atoms with Crippen LogP contribution in [-0.2, 0) is 9.47 Å². The lowest BCUT2D eigenvalue weighted by molar-refractivity contribution is -0.0796. The largest absolute Gasteiger partial charge is 0.486 e. The fourth-order valence-corrected chi connectivity index (χ4v) is 2.55. The highest BCUT2D eigenvalue weighted by molar-refractivity contribution is 5.67. The number of pyridine rings is 1. The molecule has 1 aromatic heterocycles. The number of aromatic nitrogens is 1. The summed E-state index contributed by atoms with van der Waals surface area (Å²) in [5.41, 5.74) is 7.93. The molecule has 3 heterocycles. The number of nitrogens with zero attached hydrogens (tertiary/aromatic N) is 1. The third-order valence-corrected chi connectivity index (χ3v) is 4.09. The maximum absolute atomic E-state index is 5.92. The van der Waals surface area contributed by atoms with Crippen LogP contribution in [0.15, 0.2) is 36.4 Å². The normalized spacial score (nSPS) is 17.8. The van der Waals surface area contributed by atoms with Gasteiger partial charge >= 0.3 is 0 Å². The van der Waals surface area contributed by atoms with Gasteiger partial charge in [-0.3, -0.25) is 0 Å². The van der Waals surface area contributed by atoms with Crippen LogP contribution >= 0.6 is 0 Å². The lowest BCUT2D eigenvalue weighted by Crippen LogP contribution is -2.38. The minimum absolute atomic E-state index is 0.169. The molecule has 2 aliphatic heterocycles. The van der Waals surface area contributed by atoms with Crippen LogP contribution in [0.4, 0.5) is 5.82 Å². The zero-order chi connectivity index (χ0) is 16.4. The van der Waals surface area contributed by atoms with Crippen LogP contribution in [0.3, 0.4) is 0 Å². The molecular formula is C18H20N2O4. The van der Waals surface area contributed by atoms with Crippen molar-refractivity contribution < 1.29 is 18.9 Å². The number of benzene rings is 1. The topological polar surface area (TPSA) is 75.8 Å². The standard InChI is InChI=1S/C18H20N2O4/c19-17-5-14(6-18(20-17)23-9-12-7-21-8-12)13-1-3-15(4-2-13)24-16-10-22-11-16/h1-6,12,16H,7-11H2,(H2,19,20). The molecule has 1 aromatic carbocycles. The molecule has 2 saturated heterocycles. The second-order valence-corrected chi connectivity index (χ2v) is 6.14. The Kier molecular flexibility index (Phi) is 4.23. The zero-order valence-electron chi connectivity index (χ0n) is 13.3. The van der Waals surface area contributed by atoms with Gasteiger partial charge in [0, 0.05) is 12.0 Å². The predicted octanol–water partition coefficient (Wildman–Crippen LogP) is 2.13. The molecular weight excluding hydrogens is 308 g/mol. The second-order valence-electron chi connectivity index (χ2n) is 6.14. The van der Waals surface area contributed by atoms with Crippen LogP contribution in [0.2, 0.25) is 0 Å². The molecule has 0 spiro atoms. The minimum atomic E-state index is 0.169. The van der Waals surface area contributed by atoms with Crippen molar-refractivity contribution in [1.82, 2.24) is 4.98 Å². The van der Waals surface area contributed by atoms with Gasteiger partial charge in [-0.25, -0.2) is 0 Å². The van der Waals surface area contributed by atoms with E-state index in [4.69, 9.17) is 24.7 Å². The first-order chi connectivity index (χ1) is 11.8. The van der Waals surface area contributed by atoms with Crippen molar-refractivity contribution in [3.8, 4) is 22.8 Å². The average molecular weight is 328 g/mol. The van der Waals surface area contributed by atoms with E-state index < -0.39 is 0 Å². The first kappa shape index (κ1) is 15.2. The van der Waals surface area contributed by atoms with Crippen LogP contribution in [0.5, 0.6) is 11.6 Å². The van der Waals surface area contributed by atoms with Crippen molar-refractivity contribution in [3.05, 3.63) is 36.4 Å². The average Bonchev–Trinajstić information content (AvgIpc) is 2.49. The van der Waals surface area contributed by atoms with Gasteiger partial charge in [-0.05, 0) is 29.3 Å². The highest BCUT2D eigenvalue weighted by Gasteiger charge is 2.20. The van der Waals surface area contributed by atoms with E-state index in [-0.39, 0.29) is 6.10 Å². The van der Waals surface area contributed by atoms with Crippen molar-refractivity contribution in [2.24, 2.45) is 5.92 Å². The first-order valence-electron chi connectivity index (χ1n) is 8.09. The molecule has 0 radical (unpaired) electrons. The monoisotopic (exact) mass is 328 g/mol. The first-order valence-corrected chi connectivity index (χ1v) is 8.09. The Morgan fingerprint density at radius 3 is 2.38 bits per heavy atom. The molecule has 6 heteroatoms. The van der Waals surface area contributed by atoms with Crippen LogP contribution in [0.25, 0.3) is 11.1 Å². The zero-order valence-corrected chi connectivity index (χ0v) is 13.3. The Labute approximate surface area is 140 Å². The summed E-state index contributed by atoms with van der Waals surface area (Å²) in [5, 5.41) is 0. The molecule has 0 bridgehead atoms. The molecule has 126 valence electrons. The summed E-state index contributed by atoms with van der Waals surface area (Å²) in [5.74, 6) is 2.28. The molecule has 2 aromatic rings. The van der Waals surface area contributed by atoms with Crippen molar-refractivity contribution >= 4 is 5.82 Å². The highest BCUT2D eigenvalue weighted by Crippen LogP contribution is 2.27. The van der Waals surface area contributed by atoms with Gasteiger partial charge < -0.3 is 24.7 Å². The molecule has 0 saturated carbocycles. The van der Waals surface area contributed by atoms with E-state index in [1.807, 2.05) is 36.4 Å². The molecule has 0 amide bonds. The van der Waals surface area contributed by atoms with E-state index in [0.29, 0.717) is 37.4 Å². The second kappa shape index (κ2) is 6.67. The molecule has 0 atom stereocenters. The van der Waals surface area contributed by atoms with Crippen LogP contribution < -0.4 is 15.2 Å². The van der Waals surface area contributed by atoms with Gasteiger partial charge in [0.1, 0.15) is 17.7 Å². The Hall–Kier alpha value is -2.31. The number of nitrogen functional groups attached to an aromatic ring is 1. The minimum Gasteiger partial charge on any atom is -0.486 e. The fraction of sp³-hybridized carbons (Fsp3) is 0.389. The molecule has 24 heavy (non-hydrogen) atoms. The van der Waals surface area contributed by atoms with Crippen molar-refractivity contribution in [2.45, 2.75) is 6.10 Å². The van der Waals surface area contributed by atoms with E-state index in [9.17, 15) is 0 Å². The van der Waals surface area contributed by atoms with Gasteiger partial charge in [-0.2, -0.15) is 4.98 Å². The molecule has 2 fully saturated rings. The van der Waals surface area contributed by atoms with Crippen LogP contribution in [-0.4, -0.2) is 44.1 Å². The van der Waals surface area contributed by atoms with Gasteiger partial charge in [-0.15, -0.1) is 0 Å². The Balaban J connectivity index is 1.46. The van der Waals surface area contributed by atoms with Crippen molar-refractivity contribution in [2.75, 3.05) is 38.8 Å². The van der Waals surface area contributed by atoms with E-state index in [0.717, 1.165) is 30.1 Å². The van der Waals surface area contributed by atoms with Crippen LogP contribution in [0.1, 0.15) is 0 Å². The van der Waals surface area contributed by atoms with Crippen molar-refractivity contribution in [1.29, 1.82) is 0 Å². The summed E-state index contributed by atoms with van der Waals surface area (Å²) >= 11 is 0. The van der Waals surface area contributed by atoms with E-state index >= 15 is 0 Å². The lowest BCUT2D eigenvalue weighted by atomic mass is 10.1. The number of rotatable bonds is 6. The molecule has 6 nitrogen and oxygen atoms in total. The predicted molar refractivity (Wildman–Crippen MR) is 89.1 cm³/mol. The van der Waals surface area contributed by atoms with Gasteiger partial charge in [0.25, 0.3) is 0 Å². The summed E-state index contributed by atoms with van der Waals surface area (Å²) in [6, 6.07) is 11.7. The number of ether oxygens (including phenoxy) is 4. The van der Waals surface area contributed by atoms with Gasteiger partial charge in [0.05, 0.1) is 33.0 Å². The Bertz CT molecular complexity index is 697. The quantitative estimate of drug-likeness (QED) is 0.875. The summed E-state index contributed by atoms with van der Waals surface area (Å²) in [6.07, 6.45) is 0.169. The van der Waals surface area contributed by atoms with E-state index in [1.54, 1.807) is 0 Å². The SMILES string of the molecule is Nc1cc(-c2ccc(OC3COC3)cc2)cc(OCC2COC2)n1. The Morgan fingerprint density at radius 2 is 1.75 bits per heavy atom. The van der Waals surface area contributed by atoms with E-state index in [1.165, 1.54) is 0 Å². The maximum atomic E-state index is 5.92. The van der Waals surface area contributed by atoms with Gasteiger partial charge in [0.15, 0.2) is 0 Å². The number of nitrogens with two attached hydrogens (primary N) is 1. The van der Waals surface area contributed by atoms with Crippen molar-refractivity contribution in [3.63, 3.8) is 0 Å². The van der Waals surface area contributed by atoms with E-state index in [2.05, 4.69) is 4.98 Å². The number of hydrogen-bond acceptors (Lipinski definition) is 6. The third-order valence-electron chi connectivity index (χ3n) is 4.09. The summed E-state index contributed by atoms with van der Waals surface area (Å²) in [6.45, 7) is 3.43. The molecule has 0 aliphatic carbocycles. The van der Waals surface area contributed by atoms with Gasteiger partial charge in [-0.1, -0.05) is 12.1 Å². The fourth-order valence-electron chi connectivity index (χ4n) is 2.55.